The molecule has 2 aromatic heterocycles. The molecule has 0 spiro atoms. The van der Waals surface area contributed by atoms with Crippen molar-refractivity contribution in [3.63, 3.8) is 0 Å². The van der Waals surface area contributed by atoms with Crippen LogP contribution in [0.15, 0.2) is 46.3 Å². The SMILES string of the molecule is Cc1cc(C(=O)N2CCCN(C(=O)c3csc(-c4ccccc4)n3)CC2)no1. The molecule has 0 radical (unpaired) electrons. The highest BCUT2D eigenvalue weighted by Gasteiger charge is 2.26. The van der Waals surface area contributed by atoms with Crippen LogP contribution >= 0.6 is 11.3 Å². The van der Waals surface area contributed by atoms with E-state index >= 15 is 0 Å². The van der Waals surface area contributed by atoms with E-state index in [0.29, 0.717) is 49.7 Å². The van der Waals surface area contributed by atoms with Crippen LogP contribution in [0.25, 0.3) is 10.6 Å². The first kappa shape index (κ1) is 18.4. The van der Waals surface area contributed by atoms with E-state index in [1.807, 2.05) is 30.3 Å². The first-order valence-corrected chi connectivity index (χ1v) is 10.0. The number of aryl methyl sites for hydroxylation is 1. The maximum atomic E-state index is 12.9. The minimum absolute atomic E-state index is 0.0926. The minimum atomic E-state index is -0.161. The second-order valence-corrected chi connectivity index (χ2v) is 7.52. The molecule has 4 rings (SSSR count). The van der Waals surface area contributed by atoms with Crippen molar-refractivity contribution in [3.8, 4) is 10.6 Å². The number of thiazole rings is 1. The first-order chi connectivity index (χ1) is 13.6. The van der Waals surface area contributed by atoms with Crippen molar-refractivity contribution in [1.29, 1.82) is 0 Å². The molecule has 1 aromatic carbocycles. The van der Waals surface area contributed by atoms with E-state index in [-0.39, 0.29) is 11.8 Å². The predicted octanol–water partition coefficient (Wildman–Crippen LogP) is 3.09. The van der Waals surface area contributed by atoms with Crippen molar-refractivity contribution in [2.45, 2.75) is 13.3 Å². The van der Waals surface area contributed by atoms with Crippen LogP contribution in [0.2, 0.25) is 0 Å². The Hall–Kier alpha value is -3.00. The van der Waals surface area contributed by atoms with Gasteiger partial charge in [0.05, 0.1) is 0 Å². The van der Waals surface area contributed by atoms with Gasteiger partial charge in [-0.15, -0.1) is 11.3 Å². The number of amides is 2. The Bertz CT molecular complexity index is 982. The number of aromatic nitrogens is 2. The summed E-state index contributed by atoms with van der Waals surface area (Å²) < 4.78 is 4.99. The van der Waals surface area contributed by atoms with Gasteiger partial charge in [-0.1, -0.05) is 35.5 Å². The summed E-state index contributed by atoms with van der Waals surface area (Å²) in [5, 5.41) is 6.43. The molecule has 1 fully saturated rings. The summed E-state index contributed by atoms with van der Waals surface area (Å²) in [7, 11) is 0. The maximum absolute atomic E-state index is 12.9. The van der Waals surface area contributed by atoms with Crippen molar-refractivity contribution in [2.75, 3.05) is 26.2 Å². The molecule has 8 heteroatoms. The molecule has 0 unspecified atom stereocenters. The lowest BCUT2D eigenvalue weighted by Crippen LogP contribution is -2.37. The molecular formula is C20H20N4O3S. The number of hydrogen-bond donors (Lipinski definition) is 0. The lowest BCUT2D eigenvalue weighted by atomic mass is 10.2. The van der Waals surface area contributed by atoms with Crippen LogP contribution in [0.1, 0.15) is 33.2 Å². The average Bonchev–Trinajstić information content (AvgIpc) is 3.31. The fourth-order valence-corrected chi connectivity index (χ4v) is 4.00. The van der Waals surface area contributed by atoms with Gasteiger partial charge in [-0.2, -0.15) is 0 Å². The Labute approximate surface area is 166 Å². The fraction of sp³-hybridized carbons (Fsp3) is 0.300. The van der Waals surface area contributed by atoms with Gasteiger partial charge in [0.15, 0.2) is 5.69 Å². The summed E-state index contributed by atoms with van der Waals surface area (Å²) in [6.07, 6.45) is 0.712. The quantitative estimate of drug-likeness (QED) is 0.680. The summed E-state index contributed by atoms with van der Waals surface area (Å²) in [4.78, 5) is 33.5. The van der Waals surface area contributed by atoms with E-state index in [1.54, 1.807) is 28.2 Å². The van der Waals surface area contributed by atoms with Gasteiger partial charge in [0, 0.05) is 43.2 Å². The predicted molar refractivity (Wildman–Crippen MR) is 105 cm³/mol. The van der Waals surface area contributed by atoms with Crippen LogP contribution in [0.5, 0.6) is 0 Å². The molecule has 2 amide bonds. The third-order valence-corrected chi connectivity index (χ3v) is 5.55. The van der Waals surface area contributed by atoms with Crippen molar-refractivity contribution in [1.82, 2.24) is 19.9 Å². The van der Waals surface area contributed by atoms with Gasteiger partial charge < -0.3 is 14.3 Å². The Morgan fingerprint density at radius 1 is 1.00 bits per heavy atom. The molecule has 144 valence electrons. The summed E-state index contributed by atoms with van der Waals surface area (Å²) in [5.74, 6) is 0.351. The molecule has 3 aromatic rings. The van der Waals surface area contributed by atoms with E-state index in [0.717, 1.165) is 10.6 Å². The van der Waals surface area contributed by atoms with E-state index in [1.165, 1.54) is 11.3 Å². The van der Waals surface area contributed by atoms with Gasteiger partial charge >= 0.3 is 0 Å². The topological polar surface area (TPSA) is 79.5 Å². The number of rotatable bonds is 3. The zero-order valence-corrected chi connectivity index (χ0v) is 16.3. The third-order valence-electron chi connectivity index (χ3n) is 4.66. The highest BCUT2D eigenvalue weighted by Crippen LogP contribution is 2.24. The second kappa shape index (κ2) is 7.93. The summed E-state index contributed by atoms with van der Waals surface area (Å²) in [5.41, 5.74) is 1.77. The molecule has 0 aliphatic carbocycles. The van der Waals surface area contributed by atoms with E-state index in [9.17, 15) is 9.59 Å². The zero-order chi connectivity index (χ0) is 19.5. The summed E-state index contributed by atoms with van der Waals surface area (Å²) in [6, 6.07) is 11.5. The molecule has 1 saturated heterocycles. The lowest BCUT2D eigenvalue weighted by molar-refractivity contribution is 0.0711. The van der Waals surface area contributed by atoms with E-state index < -0.39 is 0 Å². The monoisotopic (exact) mass is 396 g/mol. The zero-order valence-electron chi connectivity index (χ0n) is 15.5. The highest BCUT2D eigenvalue weighted by atomic mass is 32.1. The molecule has 0 N–H and O–H groups in total. The average molecular weight is 396 g/mol. The van der Waals surface area contributed by atoms with Gasteiger partial charge in [0.1, 0.15) is 16.5 Å². The standard InChI is InChI=1S/C20H20N4O3S/c1-14-12-16(22-27-14)19(25)23-8-5-9-24(11-10-23)20(26)17-13-28-18(21-17)15-6-3-2-4-7-15/h2-4,6-7,12-13H,5,8-11H2,1H3. The second-order valence-electron chi connectivity index (χ2n) is 6.66. The number of nitrogens with zero attached hydrogens (tertiary/aromatic N) is 4. The van der Waals surface area contributed by atoms with Crippen LogP contribution in [-0.4, -0.2) is 57.9 Å². The van der Waals surface area contributed by atoms with Crippen LogP contribution in [0.3, 0.4) is 0 Å². The van der Waals surface area contributed by atoms with Crippen LogP contribution in [-0.2, 0) is 0 Å². The maximum Gasteiger partial charge on any atom is 0.276 e. The number of carbonyl (C=O) groups excluding carboxylic acids is 2. The van der Waals surface area contributed by atoms with Crippen LogP contribution in [0, 0.1) is 6.92 Å². The highest BCUT2D eigenvalue weighted by molar-refractivity contribution is 7.13. The molecule has 7 nitrogen and oxygen atoms in total. The molecule has 0 saturated carbocycles. The molecule has 28 heavy (non-hydrogen) atoms. The lowest BCUT2D eigenvalue weighted by Gasteiger charge is -2.21. The normalized spacial score (nSPS) is 14.8. The van der Waals surface area contributed by atoms with Crippen molar-refractivity contribution in [3.05, 3.63) is 58.9 Å². The van der Waals surface area contributed by atoms with Crippen LogP contribution < -0.4 is 0 Å². The van der Waals surface area contributed by atoms with Crippen LogP contribution in [0.4, 0.5) is 0 Å². The fourth-order valence-electron chi connectivity index (χ4n) is 3.20. The van der Waals surface area contributed by atoms with Crippen molar-refractivity contribution >= 4 is 23.2 Å². The Kier molecular flexibility index (Phi) is 5.21. The Morgan fingerprint density at radius 2 is 1.68 bits per heavy atom. The van der Waals surface area contributed by atoms with Gasteiger partial charge in [0.25, 0.3) is 11.8 Å². The summed E-state index contributed by atoms with van der Waals surface area (Å²) in [6.45, 7) is 3.87. The van der Waals surface area contributed by atoms with Gasteiger partial charge in [-0.3, -0.25) is 9.59 Å². The van der Waals surface area contributed by atoms with Crippen molar-refractivity contribution < 1.29 is 14.1 Å². The van der Waals surface area contributed by atoms with Gasteiger partial charge in [-0.25, -0.2) is 4.98 Å². The Balaban J connectivity index is 1.42. The largest absolute Gasteiger partial charge is 0.361 e. The van der Waals surface area contributed by atoms with E-state index in [4.69, 9.17) is 4.52 Å². The first-order valence-electron chi connectivity index (χ1n) is 9.14. The smallest absolute Gasteiger partial charge is 0.276 e. The van der Waals surface area contributed by atoms with Gasteiger partial charge in [0.2, 0.25) is 0 Å². The Morgan fingerprint density at radius 3 is 2.32 bits per heavy atom. The number of hydrogen-bond acceptors (Lipinski definition) is 6. The number of carbonyl (C=O) groups is 2. The molecule has 3 heterocycles. The molecule has 0 atom stereocenters. The molecular weight excluding hydrogens is 376 g/mol. The van der Waals surface area contributed by atoms with Gasteiger partial charge in [-0.05, 0) is 13.3 Å². The molecule has 0 bridgehead atoms. The third kappa shape index (κ3) is 3.82. The molecule has 1 aliphatic heterocycles. The summed E-state index contributed by atoms with van der Waals surface area (Å²) >= 11 is 1.46. The van der Waals surface area contributed by atoms with Crippen molar-refractivity contribution in [2.24, 2.45) is 0 Å². The van der Waals surface area contributed by atoms with E-state index in [2.05, 4.69) is 10.1 Å². The minimum Gasteiger partial charge on any atom is -0.361 e. The number of benzene rings is 1. The molecule has 1 aliphatic rings.